The van der Waals surface area contributed by atoms with Crippen LogP contribution < -0.4 is 4.74 Å². The van der Waals surface area contributed by atoms with Crippen LogP contribution in [-0.2, 0) is 0 Å². The van der Waals surface area contributed by atoms with Gasteiger partial charge in [-0.3, -0.25) is 0 Å². The molecule has 2 aliphatic carbocycles. The number of benzene rings is 2. The minimum Gasteiger partial charge on any atom is -0.432 e. The zero-order chi connectivity index (χ0) is 25.4. The molecule has 0 heterocycles. The molecule has 0 radical (unpaired) electrons. The summed E-state index contributed by atoms with van der Waals surface area (Å²) < 4.78 is 101. The highest BCUT2D eigenvalue weighted by Crippen LogP contribution is 2.45. The van der Waals surface area contributed by atoms with Crippen molar-refractivity contribution in [3.8, 4) is 17.6 Å². The van der Waals surface area contributed by atoms with Gasteiger partial charge in [-0.25, -0.2) is 8.78 Å². The summed E-state index contributed by atoms with van der Waals surface area (Å²) >= 11 is 0. The quantitative estimate of drug-likeness (QED) is 0.302. The fourth-order valence-electron chi connectivity index (χ4n) is 5.54. The summed E-state index contributed by atoms with van der Waals surface area (Å²) in [6.45, 7) is 2.25. The largest absolute Gasteiger partial charge is 0.458 e. The molecule has 0 bridgehead atoms. The van der Waals surface area contributed by atoms with Crippen LogP contribution in [-0.4, -0.2) is 12.3 Å². The molecule has 0 aromatic heterocycles. The van der Waals surface area contributed by atoms with Gasteiger partial charge in [0.05, 0.1) is 11.5 Å². The van der Waals surface area contributed by atoms with Crippen molar-refractivity contribution in [2.45, 2.75) is 70.6 Å². The molecule has 0 unspecified atom stereocenters. The second-order valence-corrected chi connectivity index (χ2v) is 9.97. The van der Waals surface area contributed by atoms with E-state index in [4.69, 9.17) is 4.74 Å². The molecule has 1 nitrogen and oxygen atoms in total. The third kappa shape index (κ3) is 6.05. The van der Waals surface area contributed by atoms with E-state index in [-0.39, 0.29) is 16.5 Å². The lowest BCUT2D eigenvalue weighted by molar-refractivity contribution is -0.224. The topological polar surface area (TPSA) is 9.23 Å². The SMILES string of the molecule is CC1CCC(C2CCC(C(F)(F)Oc3ccc4c(F)c(C#CC(F)(F)F)c(F)cc4c3)CC2)CC1. The maximum Gasteiger partial charge on any atom is 0.458 e. The van der Waals surface area contributed by atoms with Crippen molar-refractivity contribution in [3.05, 3.63) is 41.5 Å². The lowest BCUT2D eigenvalue weighted by Gasteiger charge is -2.38. The van der Waals surface area contributed by atoms with Crippen LogP contribution in [0.3, 0.4) is 0 Å². The van der Waals surface area contributed by atoms with Crippen LogP contribution in [0.2, 0.25) is 0 Å². The first-order valence-electron chi connectivity index (χ1n) is 12.0. The average Bonchev–Trinajstić information content (AvgIpc) is 2.78. The Bertz CT molecular complexity index is 1110. The molecule has 2 aromatic carbocycles. The molecule has 0 saturated heterocycles. The number of halogens is 7. The molecule has 2 fully saturated rings. The Labute approximate surface area is 200 Å². The van der Waals surface area contributed by atoms with Crippen LogP contribution in [0.1, 0.15) is 63.9 Å². The summed E-state index contributed by atoms with van der Waals surface area (Å²) in [6, 6.07) is 4.01. The van der Waals surface area contributed by atoms with Gasteiger partial charge in [-0.05, 0) is 85.9 Å². The number of fused-ring (bicyclic) bond motifs is 1. The predicted molar refractivity (Wildman–Crippen MR) is 119 cm³/mol. The second kappa shape index (κ2) is 9.91. The van der Waals surface area contributed by atoms with E-state index in [1.54, 1.807) is 0 Å². The first kappa shape index (κ1) is 25.7. The van der Waals surface area contributed by atoms with Crippen molar-refractivity contribution >= 4 is 10.8 Å². The Morgan fingerprint density at radius 2 is 1.43 bits per heavy atom. The molecule has 8 heteroatoms. The van der Waals surface area contributed by atoms with Crippen molar-refractivity contribution in [2.75, 3.05) is 0 Å². The van der Waals surface area contributed by atoms with Gasteiger partial charge in [-0.15, -0.1) is 0 Å². The molecule has 4 rings (SSSR count). The van der Waals surface area contributed by atoms with E-state index in [2.05, 4.69) is 6.92 Å². The van der Waals surface area contributed by atoms with E-state index >= 15 is 0 Å². The zero-order valence-electron chi connectivity index (χ0n) is 19.3. The third-order valence-corrected chi connectivity index (χ3v) is 7.56. The number of rotatable bonds is 4. The summed E-state index contributed by atoms with van der Waals surface area (Å²) in [4.78, 5) is 0. The van der Waals surface area contributed by atoms with Crippen LogP contribution >= 0.6 is 0 Å². The summed E-state index contributed by atoms with van der Waals surface area (Å²) in [7, 11) is 0. The Kier molecular flexibility index (Phi) is 7.26. The fraction of sp³-hybridized carbons (Fsp3) is 0.556. The monoisotopic (exact) mass is 500 g/mol. The van der Waals surface area contributed by atoms with E-state index in [0.717, 1.165) is 61.8 Å². The number of hydrogen-bond donors (Lipinski definition) is 0. The number of ether oxygens (including phenoxy) is 1. The minimum absolute atomic E-state index is 0.110. The molecule has 0 spiro atoms. The first-order chi connectivity index (χ1) is 16.4. The Balaban J connectivity index is 1.45. The van der Waals surface area contributed by atoms with E-state index in [0.29, 0.717) is 24.7 Å². The van der Waals surface area contributed by atoms with Crippen LogP contribution in [0.5, 0.6) is 5.75 Å². The summed E-state index contributed by atoms with van der Waals surface area (Å²) in [5.74, 6) is 0.295. The summed E-state index contributed by atoms with van der Waals surface area (Å²) in [5, 5.41) is -0.350. The fourth-order valence-corrected chi connectivity index (χ4v) is 5.54. The van der Waals surface area contributed by atoms with Crippen molar-refractivity contribution < 1.29 is 35.5 Å². The Hall–Kier alpha value is -2.43. The molecule has 0 amide bonds. The highest BCUT2D eigenvalue weighted by atomic mass is 19.4. The molecule has 0 aliphatic heterocycles. The average molecular weight is 500 g/mol. The predicted octanol–water partition coefficient (Wildman–Crippen LogP) is 8.64. The molecule has 2 aliphatic rings. The number of hydrogen-bond acceptors (Lipinski definition) is 1. The van der Waals surface area contributed by atoms with Crippen LogP contribution in [0, 0.1) is 47.1 Å². The van der Waals surface area contributed by atoms with Gasteiger partial charge in [0.1, 0.15) is 17.4 Å². The van der Waals surface area contributed by atoms with Crippen LogP contribution in [0.15, 0.2) is 24.3 Å². The van der Waals surface area contributed by atoms with Gasteiger partial charge in [-0.2, -0.15) is 22.0 Å². The van der Waals surface area contributed by atoms with E-state index in [1.807, 2.05) is 0 Å². The maximum atomic E-state index is 15.0. The summed E-state index contributed by atoms with van der Waals surface area (Å²) in [6.07, 6.45) is -1.47. The molecule has 0 atom stereocenters. The Morgan fingerprint density at radius 1 is 0.829 bits per heavy atom. The van der Waals surface area contributed by atoms with Gasteiger partial charge in [-0.1, -0.05) is 25.7 Å². The molecular weight excluding hydrogens is 473 g/mol. The van der Waals surface area contributed by atoms with Gasteiger partial charge in [0.2, 0.25) is 0 Å². The zero-order valence-corrected chi connectivity index (χ0v) is 19.3. The van der Waals surface area contributed by atoms with Gasteiger partial charge in [0.15, 0.2) is 0 Å². The normalized spacial score (nSPS) is 25.7. The molecule has 190 valence electrons. The van der Waals surface area contributed by atoms with Gasteiger partial charge in [0, 0.05) is 11.3 Å². The van der Waals surface area contributed by atoms with Crippen molar-refractivity contribution in [3.63, 3.8) is 0 Å². The van der Waals surface area contributed by atoms with Gasteiger partial charge < -0.3 is 4.74 Å². The van der Waals surface area contributed by atoms with E-state index in [1.165, 1.54) is 18.8 Å². The highest BCUT2D eigenvalue weighted by molar-refractivity contribution is 5.86. The smallest absolute Gasteiger partial charge is 0.432 e. The molecule has 0 N–H and O–H groups in total. The van der Waals surface area contributed by atoms with Crippen molar-refractivity contribution in [1.82, 2.24) is 0 Å². The van der Waals surface area contributed by atoms with Crippen LogP contribution in [0.4, 0.5) is 30.7 Å². The van der Waals surface area contributed by atoms with Crippen LogP contribution in [0.25, 0.3) is 10.8 Å². The standard InChI is InChI=1S/C27H27F7O/c1-16-2-4-17(5-3-16)18-6-8-20(9-7-18)27(33,34)35-21-10-11-22-19(14-21)15-24(28)23(25(22)29)12-13-26(30,31)32/h10-11,14-18,20H,2-9H2,1H3. The van der Waals surface area contributed by atoms with Gasteiger partial charge in [0.25, 0.3) is 0 Å². The van der Waals surface area contributed by atoms with E-state index < -0.39 is 35.4 Å². The molecular formula is C27H27F7O. The Morgan fingerprint density at radius 3 is 2.03 bits per heavy atom. The summed E-state index contributed by atoms with van der Waals surface area (Å²) in [5.41, 5.74) is -1.03. The minimum atomic E-state index is -4.91. The molecule has 2 saturated carbocycles. The third-order valence-electron chi connectivity index (χ3n) is 7.56. The maximum absolute atomic E-state index is 15.0. The van der Waals surface area contributed by atoms with Crippen molar-refractivity contribution in [2.24, 2.45) is 23.7 Å². The number of alkyl halides is 5. The van der Waals surface area contributed by atoms with Gasteiger partial charge >= 0.3 is 12.3 Å². The van der Waals surface area contributed by atoms with Crippen molar-refractivity contribution in [1.29, 1.82) is 0 Å². The first-order valence-corrected chi connectivity index (χ1v) is 12.0. The lowest BCUT2D eigenvalue weighted by atomic mass is 9.69. The second-order valence-electron chi connectivity index (χ2n) is 9.97. The van der Waals surface area contributed by atoms with E-state index in [9.17, 15) is 30.7 Å². The molecule has 2 aromatic rings. The lowest BCUT2D eigenvalue weighted by Crippen LogP contribution is -2.38. The molecule has 35 heavy (non-hydrogen) atoms. The highest BCUT2D eigenvalue weighted by Gasteiger charge is 2.45.